The number of nitrogens with two attached hydrogens (primary N) is 1. The summed E-state index contributed by atoms with van der Waals surface area (Å²) in [6.45, 7) is 0. The lowest BCUT2D eigenvalue weighted by Gasteiger charge is -2.09. The molecule has 0 bridgehead atoms. The van der Waals surface area contributed by atoms with Gasteiger partial charge in [0.25, 0.3) is 0 Å². The van der Waals surface area contributed by atoms with Gasteiger partial charge in [0.2, 0.25) is 0 Å². The molecule has 0 unspecified atom stereocenters. The van der Waals surface area contributed by atoms with Gasteiger partial charge in [-0.3, -0.25) is 0 Å². The van der Waals surface area contributed by atoms with Crippen LogP contribution in [-0.4, -0.2) is 0 Å². The molecule has 17 heavy (non-hydrogen) atoms. The monoisotopic (exact) mass is 219 g/mol. The van der Waals surface area contributed by atoms with Gasteiger partial charge >= 0.3 is 0 Å². The molecule has 3 aromatic rings. The van der Waals surface area contributed by atoms with Crippen LogP contribution >= 0.6 is 0 Å². The molecule has 1 heteroatoms. The van der Waals surface area contributed by atoms with E-state index in [1.54, 1.807) is 0 Å². The van der Waals surface area contributed by atoms with Crippen molar-refractivity contribution in [3.8, 4) is 0 Å². The van der Waals surface area contributed by atoms with Crippen LogP contribution in [0.5, 0.6) is 0 Å². The zero-order chi connectivity index (χ0) is 11.4. The highest BCUT2D eigenvalue weighted by molar-refractivity contribution is 6.15. The Hall–Kier alpha value is -2.02. The summed E-state index contributed by atoms with van der Waals surface area (Å²) in [5, 5.41) is 5.25. The van der Waals surface area contributed by atoms with Gasteiger partial charge in [0.05, 0.1) is 0 Å². The van der Waals surface area contributed by atoms with Crippen molar-refractivity contribution < 1.29 is 0 Å². The molecule has 1 aliphatic carbocycles. The Kier molecular flexibility index (Phi) is 1.60. The van der Waals surface area contributed by atoms with Gasteiger partial charge < -0.3 is 5.73 Å². The van der Waals surface area contributed by atoms with Gasteiger partial charge in [-0.2, -0.15) is 0 Å². The standard InChI is InChI=1S/C16H13N/c17-14-8-7-10-5-6-12-9-11-3-1-2-4-13(11)16(14)15(10)12/h1-4,7-9H,5-6,17H2. The van der Waals surface area contributed by atoms with Gasteiger partial charge in [-0.15, -0.1) is 0 Å². The predicted octanol–water partition coefficient (Wildman–Crippen LogP) is 3.67. The minimum atomic E-state index is 0.906. The molecule has 1 aliphatic rings. The molecule has 0 heterocycles. The molecule has 0 radical (unpaired) electrons. The maximum absolute atomic E-state index is 6.19. The first-order valence-corrected chi connectivity index (χ1v) is 6.06. The zero-order valence-electron chi connectivity index (χ0n) is 9.53. The Morgan fingerprint density at radius 3 is 2.59 bits per heavy atom. The van der Waals surface area contributed by atoms with Crippen LogP contribution in [0.15, 0.2) is 42.5 Å². The molecule has 3 aromatic carbocycles. The average Bonchev–Trinajstić information content (AvgIpc) is 2.76. The fraction of sp³-hybridized carbons (Fsp3) is 0.125. The molecule has 0 fully saturated rings. The number of anilines is 1. The Balaban J connectivity index is 2.38. The average molecular weight is 219 g/mol. The van der Waals surface area contributed by atoms with Gasteiger partial charge in [-0.1, -0.05) is 36.4 Å². The van der Waals surface area contributed by atoms with Crippen LogP contribution in [0.2, 0.25) is 0 Å². The van der Waals surface area contributed by atoms with Crippen molar-refractivity contribution in [2.75, 3.05) is 5.73 Å². The van der Waals surface area contributed by atoms with Gasteiger partial charge in [-0.05, 0) is 46.2 Å². The number of hydrogen-bond donors (Lipinski definition) is 1. The SMILES string of the molecule is Nc1ccc2c3c(cc4ccccc4c13)CC2. The molecule has 2 N–H and O–H groups in total. The summed E-state index contributed by atoms with van der Waals surface area (Å²) in [7, 11) is 0. The molecule has 0 spiro atoms. The van der Waals surface area contributed by atoms with Gasteiger partial charge in [0.15, 0.2) is 0 Å². The van der Waals surface area contributed by atoms with Crippen LogP contribution < -0.4 is 5.73 Å². The zero-order valence-corrected chi connectivity index (χ0v) is 9.53. The normalized spacial score (nSPS) is 13.6. The van der Waals surface area contributed by atoms with Crippen LogP contribution in [0.4, 0.5) is 5.69 Å². The summed E-state index contributed by atoms with van der Waals surface area (Å²) < 4.78 is 0. The molecule has 1 nitrogen and oxygen atoms in total. The maximum atomic E-state index is 6.19. The molecular weight excluding hydrogens is 206 g/mol. The van der Waals surface area contributed by atoms with Crippen LogP contribution in [-0.2, 0) is 12.8 Å². The van der Waals surface area contributed by atoms with Gasteiger partial charge in [0, 0.05) is 11.1 Å². The van der Waals surface area contributed by atoms with E-state index in [2.05, 4.69) is 42.5 Å². The second-order valence-corrected chi connectivity index (χ2v) is 4.82. The molecule has 82 valence electrons. The van der Waals surface area contributed by atoms with E-state index in [9.17, 15) is 0 Å². The van der Waals surface area contributed by atoms with Crippen molar-refractivity contribution in [2.45, 2.75) is 12.8 Å². The summed E-state index contributed by atoms with van der Waals surface area (Å²) in [6, 6.07) is 15.1. The molecule has 0 aromatic heterocycles. The summed E-state index contributed by atoms with van der Waals surface area (Å²) >= 11 is 0. The Labute approximate surface area is 99.9 Å². The van der Waals surface area contributed by atoms with Crippen molar-refractivity contribution >= 4 is 27.2 Å². The first-order chi connectivity index (χ1) is 8.34. The molecule has 0 atom stereocenters. The molecular formula is C16H13N. The fourth-order valence-corrected chi connectivity index (χ4v) is 3.10. The van der Waals surface area contributed by atoms with Gasteiger partial charge in [0.1, 0.15) is 0 Å². The maximum Gasteiger partial charge on any atom is 0.0400 e. The van der Waals surface area contributed by atoms with E-state index >= 15 is 0 Å². The first kappa shape index (κ1) is 9.06. The third kappa shape index (κ3) is 1.09. The summed E-state index contributed by atoms with van der Waals surface area (Å²) in [4.78, 5) is 0. The number of aryl methyl sites for hydroxylation is 2. The van der Waals surface area contributed by atoms with Crippen LogP contribution in [0.3, 0.4) is 0 Å². The Morgan fingerprint density at radius 1 is 0.824 bits per heavy atom. The van der Waals surface area contributed by atoms with E-state index in [1.807, 2.05) is 0 Å². The second-order valence-electron chi connectivity index (χ2n) is 4.82. The number of rotatable bonds is 0. The topological polar surface area (TPSA) is 26.0 Å². The van der Waals surface area contributed by atoms with Crippen LogP contribution in [0.1, 0.15) is 11.1 Å². The van der Waals surface area contributed by atoms with E-state index in [1.165, 1.54) is 32.7 Å². The van der Waals surface area contributed by atoms with Crippen molar-refractivity contribution in [3.63, 3.8) is 0 Å². The van der Waals surface area contributed by atoms with E-state index in [4.69, 9.17) is 5.73 Å². The van der Waals surface area contributed by atoms with E-state index in [0.29, 0.717) is 0 Å². The lowest BCUT2D eigenvalue weighted by atomic mass is 9.97. The van der Waals surface area contributed by atoms with Crippen molar-refractivity contribution in [3.05, 3.63) is 53.6 Å². The minimum absolute atomic E-state index is 0.906. The highest BCUT2D eigenvalue weighted by atomic mass is 14.6. The molecule has 0 amide bonds. The number of hydrogen-bond acceptors (Lipinski definition) is 1. The number of benzene rings is 3. The van der Waals surface area contributed by atoms with Gasteiger partial charge in [-0.25, -0.2) is 0 Å². The molecule has 0 saturated carbocycles. The lowest BCUT2D eigenvalue weighted by Crippen LogP contribution is -1.90. The Morgan fingerprint density at radius 2 is 1.65 bits per heavy atom. The summed E-state index contributed by atoms with van der Waals surface area (Å²) in [5.74, 6) is 0. The van der Waals surface area contributed by atoms with E-state index < -0.39 is 0 Å². The quantitative estimate of drug-likeness (QED) is 0.453. The number of nitrogen functional groups attached to an aromatic ring is 1. The molecule has 0 aliphatic heterocycles. The largest absolute Gasteiger partial charge is 0.398 e. The highest BCUT2D eigenvalue weighted by Gasteiger charge is 2.17. The van der Waals surface area contributed by atoms with E-state index in [-0.39, 0.29) is 0 Å². The van der Waals surface area contributed by atoms with E-state index in [0.717, 1.165) is 18.5 Å². The van der Waals surface area contributed by atoms with Crippen molar-refractivity contribution in [1.82, 2.24) is 0 Å². The van der Waals surface area contributed by atoms with Crippen molar-refractivity contribution in [2.24, 2.45) is 0 Å². The minimum Gasteiger partial charge on any atom is -0.398 e. The lowest BCUT2D eigenvalue weighted by molar-refractivity contribution is 1.03. The predicted molar refractivity (Wildman–Crippen MR) is 73.3 cm³/mol. The summed E-state index contributed by atoms with van der Waals surface area (Å²) in [6.07, 6.45) is 2.31. The summed E-state index contributed by atoms with van der Waals surface area (Å²) in [5.41, 5.74) is 10.0. The number of fused-ring (bicyclic) bond motifs is 2. The van der Waals surface area contributed by atoms with Crippen molar-refractivity contribution in [1.29, 1.82) is 0 Å². The second kappa shape index (κ2) is 3.01. The van der Waals surface area contributed by atoms with Crippen LogP contribution in [0, 0.1) is 0 Å². The third-order valence-corrected chi connectivity index (χ3v) is 3.87. The third-order valence-electron chi connectivity index (χ3n) is 3.87. The molecule has 4 rings (SSSR count). The Bertz CT molecular complexity index is 756. The first-order valence-electron chi connectivity index (χ1n) is 6.06. The fourth-order valence-electron chi connectivity index (χ4n) is 3.10. The van der Waals surface area contributed by atoms with Crippen LogP contribution in [0.25, 0.3) is 21.5 Å². The molecule has 0 saturated heterocycles. The smallest absolute Gasteiger partial charge is 0.0400 e. The highest BCUT2D eigenvalue weighted by Crippen LogP contribution is 2.38.